The zero-order valence-electron chi connectivity index (χ0n) is 10.5. The van der Waals surface area contributed by atoms with Crippen LogP contribution in [0.5, 0.6) is 0 Å². The molecule has 18 heavy (non-hydrogen) atoms. The van der Waals surface area contributed by atoms with E-state index >= 15 is 0 Å². The second kappa shape index (κ2) is 4.95. The van der Waals surface area contributed by atoms with E-state index in [2.05, 4.69) is 38.8 Å². The SMILES string of the molecule is CNc1nnc(CN2CCc3sccc3C2C)s1. The molecule has 0 amide bonds. The maximum atomic E-state index is 4.23. The first-order valence-corrected chi connectivity index (χ1v) is 7.78. The van der Waals surface area contributed by atoms with Crippen molar-refractivity contribution in [2.24, 2.45) is 0 Å². The van der Waals surface area contributed by atoms with Crippen LogP contribution in [0.25, 0.3) is 0 Å². The number of nitrogens with one attached hydrogen (secondary N) is 1. The highest BCUT2D eigenvalue weighted by Crippen LogP contribution is 2.34. The summed E-state index contributed by atoms with van der Waals surface area (Å²) in [6.07, 6.45) is 1.16. The van der Waals surface area contributed by atoms with Crippen LogP contribution in [0.3, 0.4) is 0 Å². The fraction of sp³-hybridized carbons (Fsp3) is 0.500. The van der Waals surface area contributed by atoms with Crippen molar-refractivity contribution in [3.05, 3.63) is 26.9 Å². The van der Waals surface area contributed by atoms with Crippen LogP contribution in [-0.4, -0.2) is 28.7 Å². The standard InChI is InChI=1S/C12H16N4S2/c1-8-9-4-6-17-10(9)3-5-16(8)7-11-14-15-12(13-2)18-11/h4,6,8H,3,5,7H2,1-2H3,(H,13,15). The molecule has 1 N–H and O–H groups in total. The smallest absolute Gasteiger partial charge is 0.205 e. The molecule has 6 heteroatoms. The largest absolute Gasteiger partial charge is 0.363 e. The van der Waals surface area contributed by atoms with Gasteiger partial charge in [-0.1, -0.05) is 11.3 Å². The fourth-order valence-electron chi connectivity index (χ4n) is 2.37. The summed E-state index contributed by atoms with van der Waals surface area (Å²) in [5.41, 5.74) is 1.49. The van der Waals surface area contributed by atoms with E-state index in [9.17, 15) is 0 Å². The maximum absolute atomic E-state index is 4.23. The predicted octanol–water partition coefficient (Wildman–Crippen LogP) is 2.76. The summed E-state index contributed by atoms with van der Waals surface area (Å²) in [4.78, 5) is 4.03. The zero-order chi connectivity index (χ0) is 12.5. The molecule has 0 saturated carbocycles. The Morgan fingerprint density at radius 1 is 1.50 bits per heavy atom. The average Bonchev–Trinajstić information content (AvgIpc) is 3.01. The number of fused-ring (bicyclic) bond motifs is 1. The van der Waals surface area contributed by atoms with Gasteiger partial charge >= 0.3 is 0 Å². The van der Waals surface area contributed by atoms with E-state index in [0.29, 0.717) is 6.04 Å². The lowest BCUT2D eigenvalue weighted by atomic mass is 10.0. The Morgan fingerprint density at radius 2 is 2.39 bits per heavy atom. The van der Waals surface area contributed by atoms with E-state index in [1.165, 1.54) is 5.56 Å². The highest BCUT2D eigenvalue weighted by Gasteiger charge is 2.25. The molecule has 3 rings (SSSR count). The van der Waals surface area contributed by atoms with Crippen LogP contribution in [0.4, 0.5) is 5.13 Å². The van der Waals surface area contributed by atoms with E-state index in [0.717, 1.165) is 29.6 Å². The number of thiophene rings is 1. The van der Waals surface area contributed by atoms with Gasteiger partial charge < -0.3 is 5.32 Å². The molecule has 4 nitrogen and oxygen atoms in total. The molecular formula is C12H16N4S2. The molecule has 0 bridgehead atoms. The Balaban J connectivity index is 1.74. The summed E-state index contributed by atoms with van der Waals surface area (Å²) in [5.74, 6) is 0. The topological polar surface area (TPSA) is 41.1 Å². The van der Waals surface area contributed by atoms with Gasteiger partial charge in [-0.05, 0) is 30.4 Å². The Kier molecular flexibility index (Phi) is 3.32. The first-order valence-electron chi connectivity index (χ1n) is 6.08. The Hall–Kier alpha value is -0.980. The van der Waals surface area contributed by atoms with Crippen LogP contribution in [0.1, 0.15) is 28.4 Å². The molecule has 0 aromatic carbocycles. The highest BCUT2D eigenvalue weighted by atomic mass is 32.1. The third-order valence-corrected chi connectivity index (χ3v) is 5.34. The molecular weight excluding hydrogens is 264 g/mol. The van der Waals surface area contributed by atoms with Crippen LogP contribution < -0.4 is 5.32 Å². The normalized spacial score (nSPS) is 19.8. The summed E-state index contributed by atoms with van der Waals surface area (Å²) in [7, 11) is 1.88. The summed E-state index contributed by atoms with van der Waals surface area (Å²) in [6, 6.07) is 2.75. The first kappa shape index (κ1) is 12.1. The molecule has 2 aromatic rings. The van der Waals surface area contributed by atoms with Crippen molar-refractivity contribution in [1.29, 1.82) is 0 Å². The molecule has 0 fully saturated rings. The van der Waals surface area contributed by atoms with Gasteiger partial charge in [0.2, 0.25) is 5.13 Å². The zero-order valence-corrected chi connectivity index (χ0v) is 12.1. The van der Waals surface area contributed by atoms with Gasteiger partial charge in [-0.15, -0.1) is 21.5 Å². The summed E-state index contributed by atoms with van der Waals surface area (Å²) in [5, 5.41) is 15.5. The van der Waals surface area contributed by atoms with E-state index < -0.39 is 0 Å². The maximum Gasteiger partial charge on any atom is 0.205 e. The van der Waals surface area contributed by atoms with Crippen LogP contribution in [0, 0.1) is 0 Å². The molecule has 1 atom stereocenters. The number of anilines is 1. The summed E-state index contributed by atoms with van der Waals surface area (Å²) < 4.78 is 0. The lowest BCUT2D eigenvalue weighted by Gasteiger charge is -2.32. The third-order valence-electron chi connectivity index (χ3n) is 3.42. The second-order valence-corrected chi connectivity index (χ2v) is 6.51. The molecule has 1 unspecified atom stereocenters. The van der Waals surface area contributed by atoms with Gasteiger partial charge in [0.25, 0.3) is 0 Å². The minimum Gasteiger partial charge on any atom is -0.363 e. The molecule has 3 heterocycles. The molecule has 96 valence electrons. The van der Waals surface area contributed by atoms with Crippen molar-refractivity contribution in [1.82, 2.24) is 15.1 Å². The highest BCUT2D eigenvalue weighted by molar-refractivity contribution is 7.15. The lowest BCUT2D eigenvalue weighted by molar-refractivity contribution is 0.191. The van der Waals surface area contributed by atoms with E-state index in [1.807, 2.05) is 18.4 Å². The van der Waals surface area contributed by atoms with Crippen LogP contribution in [0.2, 0.25) is 0 Å². The second-order valence-electron chi connectivity index (χ2n) is 4.45. The number of nitrogens with zero attached hydrogens (tertiary/aromatic N) is 3. The van der Waals surface area contributed by atoms with Crippen molar-refractivity contribution >= 4 is 27.8 Å². The minimum atomic E-state index is 0.488. The molecule has 0 radical (unpaired) electrons. The van der Waals surface area contributed by atoms with E-state index in [-0.39, 0.29) is 0 Å². The molecule has 0 aliphatic carbocycles. The quantitative estimate of drug-likeness (QED) is 0.938. The van der Waals surface area contributed by atoms with E-state index in [1.54, 1.807) is 16.2 Å². The van der Waals surface area contributed by atoms with Crippen LogP contribution in [0.15, 0.2) is 11.4 Å². The van der Waals surface area contributed by atoms with Crippen molar-refractivity contribution in [2.45, 2.75) is 25.9 Å². The van der Waals surface area contributed by atoms with Gasteiger partial charge in [0.15, 0.2) is 0 Å². The summed E-state index contributed by atoms with van der Waals surface area (Å²) in [6.45, 7) is 4.30. The minimum absolute atomic E-state index is 0.488. The van der Waals surface area contributed by atoms with E-state index in [4.69, 9.17) is 0 Å². The van der Waals surface area contributed by atoms with Gasteiger partial charge in [0, 0.05) is 24.5 Å². The van der Waals surface area contributed by atoms with Crippen molar-refractivity contribution in [3.8, 4) is 0 Å². The number of aromatic nitrogens is 2. The van der Waals surface area contributed by atoms with Gasteiger partial charge in [-0.25, -0.2) is 0 Å². The first-order chi connectivity index (χ1) is 8.78. The molecule has 1 aliphatic rings. The number of rotatable bonds is 3. The number of hydrogen-bond donors (Lipinski definition) is 1. The fourth-order valence-corrected chi connectivity index (χ4v) is 4.05. The van der Waals surface area contributed by atoms with Gasteiger partial charge in [-0.3, -0.25) is 4.90 Å². The van der Waals surface area contributed by atoms with Gasteiger partial charge in [0.05, 0.1) is 6.54 Å². The number of hydrogen-bond acceptors (Lipinski definition) is 6. The third kappa shape index (κ3) is 2.15. The van der Waals surface area contributed by atoms with Crippen molar-refractivity contribution in [2.75, 3.05) is 18.9 Å². The van der Waals surface area contributed by atoms with Crippen molar-refractivity contribution in [3.63, 3.8) is 0 Å². The summed E-state index contributed by atoms with van der Waals surface area (Å²) >= 11 is 3.52. The predicted molar refractivity (Wildman–Crippen MR) is 76.3 cm³/mol. The monoisotopic (exact) mass is 280 g/mol. The molecule has 2 aromatic heterocycles. The molecule has 0 spiro atoms. The lowest BCUT2D eigenvalue weighted by Crippen LogP contribution is -2.32. The molecule has 1 aliphatic heterocycles. The van der Waals surface area contributed by atoms with Crippen LogP contribution in [-0.2, 0) is 13.0 Å². The molecule has 0 saturated heterocycles. The van der Waals surface area contributed by atoms with Crippen molar-refractivity contribution < 1.29 is 0 Å². The van der Waals surface area contributed by atoms with Crippen LogP contribution >= 0.6 is 22.7 Å². The van der Waals surface area contributed by atoms with Gasteiger partial charge in [0.1, 0.15) is 5.01 Å². The van der Waals surface area contributed by atoms with Gasteiger partial charge in [-0.2, -0.15) is 0 Å². The Bertz CT molecular complexity index is 534. The Morgan fingerprint density at radius 3 is 3.17 bits per heavy atom. The Labute approximate surface area is 115 Å². The average molecular weight is 280 g/mol.